The van der Waals surface area contributed by atoms with Gasteiger partial charge in [-0.15, -0.1) is 11.8 Å². The van der Waals surface area contributed by atoms with Crippen molar-refractivity contribution < 1.29 is 8.42 Å². The first-order valence-electron chi connectivity index (χ1n) is 5.22. The fraction of sp³-hybridized carbons (Fsp3) is 0.455. The minimum atomic E-state index is -2.99. The van der Waals surface area contributed by atoms with Crippen molar-refractivity contribution in [1.29, 1.82) is 0 Å². The van der Waals surface area contributed by atoms with E-state index in [1.807, 2.05) is 0 Å². The summed E-state index contributed by atoms with van der Waals surface area (Å²) in [6.45, 7) is 3.38. The Kier molecular flexibility index (Phi) is 5.16. The molecular formula is C11H16ClNO2S2. The van der Waals surface area contributed by atoms with E-state index in [9.17, 15) is 8.42 Å². The number of anilines is 1. The molecule has 2 N–H and O–H groups in total. The average Bonchev–Trinajstić information content (AvgIpc) is 2.22. The third-order valence-electron chi connectivity index (χ3n) is 2.30. The van der Waals surface area contributed by atoms with Gasteiger partial charge in [-0.05, 0) is 32.0 Å². The summed E-state index contributed by atoms with van der Waals surface area (Å²) in [7, 11) is -2.99. The Morgan fingerprint density at radius 2 is 2.06 bits per heavy atom. The summed E-state index contributed by atoms with van der Waals surface area (Å²) >= 11 is 7.40. The van der Waals surface area contributed by atoms with Crippen LogP contribution >= 0.6 is 23.4 Å². The summed E-state index contributed by atoms with van der Waals surface area (Å²) < 4.78 is 23.2. The molecule has 1 rings (SSSR count). The number of rotatable bonds is 5. The van der Waals surface area contributed by atoms with E-state index in [0.717, 1.165) is 4.90 Å². The Balaban J connectivity index is 2.60. The zero-order valence-corrected chi connectivity index (χ0v) is 12.2. The minimum Gasteiger partial charge on any atom is -0.399 e. The summed E-state index contributed by atoms with van der Waals surface area (Å²) in [5, 5.41) is 0.269. The van der Waals surface area contributed by atoms with Crippen LogP contribution in [0.1, 0.15) is 13.8 Å². The van der Waals surface area contributed by atoms with Crippen LogP contribution in [0.5, 0.6) is 0 Å². The minimum absolute atomic E-state index is 0.153. The smallest absolute Gasteiger partial charge is 0.153 e. The van der Waals surface area contributed by atoms with Crippen LogP contribution in [-0.4, -0.2) is 25.2 Å². The van der Waals surface area contributed by atoms with Crippen molar-refractivity contribution in [1.82, 2.24) is 0 Å². The van der Waals surface area contributed by atoms with Gasteiger partial charge in [0.25, 0.3) is 0 Å². The van der Waals surface area contributed by atoms with Gasteiger partial charge in [0, 0.05) is 16.3 Å². The highest BCUT2D eigenvalue weighted by atomic mass is 35.5. The molecule has 6 heteroatoms. The quantitative estimate of drug-likeness (QED) is 0.670. The van der Waals surface area contributed by atoms with Gasteiger partial charge in [-0.2, -0.15) is 0 Å². The first kappa shape index (κ1) is 14.7. The van der Waals surface area contributed by atoms with Crippen LogP contribution in [0.3, 0.4) is 0 Å². The van der Waals surface area contributed by atoms with Crippen LogP contribution in [0.15, 0.2) is 23.1 Å². The number of hydrogen-bond acceptors (Lipinski definition) is 4. The summed E-state index contributed by atoms with van der Waals surface area (Å²) in [4.78, 5) is 0.825. The number of halogens is 1. The van der Waals surface area contributed by atoms with E-state index in [4.69, 9.17) is 17.3 Å². The van der Waals surface area contributed by atoms with Crippen LogP contribution in [0.2, 0.25) is 5.02 Å². The van der Waals surface area contributed by atoms with Gasteiger partial charge in [-0.25, -0.2) is 8.42 Å². The molecule has 0 aromatic heterocycles. The number of benzene rings is 1. The predicted octanol–water partition coefficient (Wildman–Crippen LogP) is 2.84. The highest BCUT2D eigenvalue weighted by Crippen LogP contribution is 2.29. The Hall–Kier alpha value is -0.390. The summed E-state index contributed by atoms with van der Waals surface area (Å²) in [5.41, 5.74) is 6.27. The first-order valence-corrected chi connectivity index (χ1v) is 8.30. The van der Waals surface area contributed by atoms with E-state index >= 15 is 0 Å². The van der Waals surface area contributed by atoms with Crippen molar-refractivity contribution >= 4 is 38.9 Å². The lowest BCUT2D eigenvalue weighted by Crippen LogP contribution is -2.18. The van der Waals surface area contributed by atoms with Gasteiger partial charge >= 0.3 is 0 Å². The molecule has 1 aromatic rings. The van der Waals surface area contributed by atoms with Gasteiger partial charge in [-0.1, -0.05) is 11.6 Å². The second-order valence-corrected chi connectivity index (χ2v) is 8.17. The molecule has 0 bridgehead atoms. The lowest BCUT2D eigenvalue weighted by atomic mass is 10.3. The van der Waals surface area contributed by atoms with Crippen LogP contribution in [0, 0.1) is 0 Å². The van der Waals surface area contributed by atoms with Crippen molar-refractivity contribution in [3.8, 4) is 0 Å². The second-order valence-electron chi connectivity index (χ2n) is 3.95. The number of nitrogen functional groups attached to an aromatic ring is 1. The highest BCUT2D eigenvalue weighted by Gasteiger charge is 2.15. The molecule has 0 spiro atoms. The normalized spacial score (nSPS) is 12.0. The van der Waals surface area contributed by atoms with Crippen LogP contribution in [-0.2, 0) is 9.84 Å². The molecule has 96 valence electrons. The third-order valence-corrected chi connectivity index (χ3v) is 6.27. The second kappa shape index (κ2) is 5.98. The number of sulfone groups is 1. The van der Waals surface area contributed by atoms with Gasteiger partial charge in [0.15, 0.2) is 9.84 Å². The van der Waals surface area contributed by atoms with Gasteiger partial charge in [-0.3, -0.25) is 0 Å². The lowest BCUT2D eigenvalue weighted by molar-refractivity contribution is 0.589. The maximum atomic E-state index is 11.6. The monoisotopic (exact) mass is 293 g/mol. The Morgan fingerprint density at radius 1 is 1.41 bits per heavy atom. The van der Waals surface area contributed by atoms with Crippen LogP contribution in [0.4, 0.5) is 5.69 Å². The average molecular weight is 294 g/mol. The van der Waals surface area contributed by atoms with Crippen molar-refractivity contribution in [2.45, 2.75) is 24.0 Å². The molecule has 0 saturated heterocycles. The van der Waals surface area contributed by atoms with Gasteiger partial charge in [0.05, 0.1) is 16.0 Å². The summed E-state index contributed by atoms with van der Waals surface area (Å²) in [5.74, 6) is 0.643. The molecule has 0 fully saturated rings. The molecule has 1 aromatic carbocycles. The van der Waals surface area contributed by atoms with Crippen LogP contribution in [0.25, 0.3) is 0 Å². The Bertz CT molecular complexity index is 486. The zero-order valence-electron chi connectivity index (χ0n) is 9.81. The highest BCUT2D eigenvalue weighted by molar-refractivity contribution is 8.00. The van der Waals surface area contributed by atoms with E-state index < -0.39 is 9.84 Å². The number of hydrogen-bond donors (Lipinski definition) is 1. The standard InChI is InChI=1S/C11H16ClNO2S2/c1-8(2)17(14,15)6-5-16-11-7-9(13)3-4-10(11)12/h3-4,7-8H,5-6,13H2,1-2H3. The van der Waals surface area contributed by atoms with Gasteiger partial charge in [0.2, 0.25) is 0 Å². The van der Waals surface area contributed by atoms with Gasteiger partial charge in [0.1, 0.15) is 0 Å². The molecule has 17 heavy (non-hydrogen) atoms. The lowest BCUT2D eigenvalue weighted by Gasteiger charge is -2.08. The number of thioether (sulfide) groups is 1. The van der Waals surface area contributed by atoms with E-state index in [1.165, 1.54) is 11.8 Å². The molecule has 0 amide bonds. The summed E-state index contributed by atoms with van der Waals surface area (Å²) in [6.07, 6.45) is 0. The topological polar surface area (TPSA) is 60.2 Å². The number of nitrogens with two attached hydrogens (primary N) is 1. The van der Waals surface area contributed by atoms with E-state index in [-0.39, 0.29) is 11.0 Å². The molecule has 0 aliphatic rings. The van der Waals surface area contributed by atoms with Crippen molar-refractivity contribution in [2.24, 2.45) is 0 Å². The molecule has 0 radical (unpaired) electrons. The molecule has 0 heterocycles. The maximum Gasteiger partial charge on any atom is 0.153 e. The molecule has 3 nitrogen and oxygen atoms in total. The van der Waals surface area contributed by atoms with Crippen molar-refractivity contribution in [2.75, 3.05) is 17.2 Å². The Labute approximate surface area is 112 Å². The van der Waals surface area contributed by atoms with E-state index in [0.29, 0.717) is 16.5 Å². The Morgan fingerprint density at radius 3 is 2.65 bits per heavy atom. The molecule has 0 aliphatic heterocycles. The fourth-order valence-electron chi connectivity index (χ4n) is 1.13. The zero-order chi connectivity index (χ0) is 13.1. The van der Waals surface area contributed by atoms with Gasteiger partial charge < -0.3 is 5.73 Å². The van der Waals surface area contributed by atoms with Crippen LogP contribution < -0.4 is 5.73 Å². The maximum absolute atomic E-state index is 11.6. The first-order chi connectivity index (χ1) is 7.83. The van der Waals surface area contributed by atoms with E-state index in [2.05, 4.69) is 0 Å². The van der Waals surface area contributed by atoms with Crippen molar-refractivity contribution in [3.63, 3.8) is 0 Å². The largest absolute Gasteiger partial charge is 0.399 e. The third kappa shape index (κ3) is 4.41. The fourth-order valence-corrected chi connectivity index (χ4v) is 3.79. The predicted molar refractivity (Wildman–Crippen MR) is 75.5 cm³/mol. The van der Waals surface area contributed by atoms with Crippen molar-refractivity contribution in [3.05, 3.63) is 23.2 Å². The summed E-state index contributed by atoms with van der Waals surface area (Å²) in [6, 6.07) is 5.20. The molecular weight excluding hydrogens is 278 g/mol. The SMILES string of the molecule is CC(C)S(=O)(=O)CCSc1cc(N)ccc1Cl. The van der Waals surface area contributed by atoms with E-state index in [1.54, 1.807) is 32.0 Å². The molecule has 0 aliphatic carbocycles. The molecule has 0 atom stereocenters. The molecule has 0 unspecified atom stereocenters. The molecule has 0 saturated carbocycles.